The van der Waals surface area contributed by atoms with Gasteiger partial charge in [-0.1, -0.05) is 27.7 Å². The lowest BCUT2D eigenvalue weighted by Crippen LogP contribution is -2.63. The van der Waals surface area contributed by atoms with Crippen LogP contribution in [0.4, 0.5) is 0 Å². The van der Waals surface area contributed by atoms with Gasteiger partial charge in [-0.05, 0) is 85.9 Å². The fourth-order valence-electron chi connectivity index (χ4n) is 11.7. The number of ether oxygens (including phenoxy) is 4. The van der Waals surface area contributed by atoms with Gasteiger partial charge in [-0.3, -0.25) is 0 Å². The van der Waals surface area contributed by atoms with Gasteiger partial charge in [0.05, 0.1) is 37.6 Å². The Balaban J connectivity index is 1.11. The first-order chi connectivity index (χ1) is 21.2. The Labute approximate surface area is 267 Å². The lowest BCUT2D eigenvalue weighted by molar-refractivity contribution is -0.303. The second-order valence-corrected chi connectivity index (χ2v) is 16.3. The summed E-state index contributed by atoms with van der Waals surface area (Å²) in [4.78, 5) is 0. The topological polar surface area (TPSA) is 179 Å². The molecule has 0 spiro atoms. The van der Waals surface area contributed by atoms with E-state index in [1.54, 1.807) is 7.11 Å². The molecule has 0 bridgehead atoms. The molecule has 6 rings (SSSR count). The third-order valence-corrected chi connectivity index (χ3v) is 14.1. The summed E-state index contributed by atoms with van der Waals surface area (Å²) in [7, 11) is 1.71. The Hall–Kier alpha value is -0.440. The predicted octanol–water partition coefficient (Wildman–Crippen LogP) is 1.17. The number of aliphatic hydroxyl groups excluding tert-OH is 7. The minimum Gasteiger partial charge on any atom is -0.394 e. The highest BCUT2D eigenvalue weighted by Gasteiger charge is 2.71. The summed E-state index contributed by atoms with van der Waals surface area (Å²) in [6.07, 6.45) is -2.04. The number of methoxy groups -OCH3 is 1. The Morgan fingerprint density at radius 2 is 1.67 bits per heavy atom. The highest BCUT2D eigenvalue weighted by Crippen LogP contribution is 2.71. The average molecular weight is 643 g/mol. The van der Waals surface area contributed by atoms with Crippen molar-refractivity contribution in [3.8, 4) is 0 Å². The Morgan fingerprint density at radius 1 is 0.933 bits per heavy atom. The Kier molecular flexibility index (Phi) is 9.54. The minimum absolute atomic E-state index is 0.0164. The third kappa shape index (κ3) is 5.35. The van der Waals surface area contributed by atoms with E-state index in [0.717, 1.165) is 19.3 Å². The molecule has 0 aromatic heterocycles. The summed E-state index contributed by atoms with van der Waals surface area (Å²) >= 11 is 0. The van der Waals surface area contributed by atoms with E-state index in [0.29, 0.717) is 43.9 Å². The molecule has 260 valence electrons. The summed E-state index contributed by atoms with van der Waals surface area (Å²) in [6, 6.07) is 0. The van der Waals surface area contributed by atoms with E-state index in [-0.39, 0.29) is 47.7 Å². The smallest absolute Gasteiger partial charge is 0.186 e. The third-order valence-electron chi connectivity index (χ3n) is 14.1. The van der Waals surface area contributed by atoms with Crippen molar-refractivity contribution >= 4 is 0 Å². The molecule has 0 aromatic rings. The molecular weight excluding hydrogens is 584 g/mol. The minimum atomic E-state index is -1.47. The van der Waals surface area contributed by atoms with Crippen molar-refractivity contribution in [2.24, 2.45) is 52.3 Å². The molecule has 0 radical (unpaired) electrons. The van der Waals surface area contributed by atoms with Crippen molar-refractivity contribution in [3.63, 3.8) is 0 Å². The van der Waals surface area contributed by atoms with Crippen LogP contribution in [0, 0.1) is 52.3 Å². The van der Waals surface area contributed by atoms with Crippen molar-refractivity contribution in [1.29, 1.82) is 0 Å². The Morgan fingerprint density at radius 3 is 2.36 bits per heavy atom. The van der Waals surface area contributed by atoms with E-state index in [4.69, 9.17) is 18.9 Å². The lowest BCUT2D eigenvalue weighted by atomic mass is 9.43. The van der Waals surface area contributed by atoms with Crippen molar-refractivity contribution in [3.05, 3.63) is 0 Å². The lowest BCUT2D eigenvalue weighted by Gasteiger charge is -2.63. The van der Waals surface area contributed by atoms with E-state index < -0.39 is 66.8 Å². The number of hydrogen-bond acceptors (Lipinski definition) is 11. The van der Waals surface area contributed by atoms with Crippen LogP contribution in [-0.2, 0) is 18.9 Å². The second-order valence-electron chi connectivity index (χ2n) is 16.3. The normalized spacial score (nSPS) is 56.7. The van der Waals surface area contributed by atoms with Crippen LogP contribution in [0.15, 0.2) is 0 Å². The Bertz CT molecular complexity index is 1050. The maximum absolute atomic E-state index is 11.9. The second kappa shape index (κ2) is 12.5. The first-order valence-corrected chi connectivity index (χ1v) is 17.4. The molecule has 2 heterocycles. The molecule has 4 aliphatic carbocycles. The van der Waals surface area contributed by atoms with E-state index >= 15 is 0 Å². The largest absolute Gasteiger partial charge is 0.394 e. The van der Waals surface area contributed by atoms with Crippen molar-refractivity contribution in [2.75, 3.05) is 20.3 Å². The summed E-state index contributed by atoms with van der Waals surface area (Å²) < 4.78 is 24.4. The molecule has 45 heavy (non-hydrogen) atoms. The summed E-state index contributed by atoms with van der Waals surface area (Å²) in [5, 5.41) is 73.5. The standard InChI is InChI=1S/C34H58O11/c1-16(15-43-31-30(41)29(40)28(39)24(14-35)44-31)8-9-34(42-5)17(2)26-23(45-34)12-21-20-7-6-18-10-19(36)11-25(38)33(18,4)27(20)22(37)13-32(21,26)3/h16-31,35-41H,6-15H2,1-5H3/t16-,17+,18-,19-,20+,21+,22-,23?,24-,25-,26+,27-,28-,29+,30-,31-,32+,33-,34-/m1/s1. The van der Waals surface area contributed by atoms with Gasteiger partial charge in [-0.25, -0.2) is 0 Å². The molecule has 6 fully saturated rings. The number of hydrogen-bond donors (Lipinski definition) is 7. The summed E-state index contributed by atoms with van der Waals surface area (Å²) in [6.45, 7) is 8.50. The summed E-state index contributed by atoms with van der Waals surface area (Å²) in [5.41, 5.74) is -0.512. The molecule has 19 atom stereocenters. The number of aliphatic hydroxyl groups is 7. The van der Waals surface area contributed by atoms with Crippen LogP contribution in [0.25, 0.3) is 0 Å². The molecule has 1 unspecified atom stereocenters. The summed E-state index contributed by atoms with van der Waals surface area (Å²) in [5.74, 6) is 0.515. The zero-order valence-electron chi connectivity index (χ0n) is 27.6. The van der Waals surface area contributed by atoms with Crippen LogP contribution in [0.1, 0.15) is 79.1 Å². The van der Waals surface area contributed by atoms with Crippen molar-refractivity contribution in [2.45, 2.75) is 140 Å². The molecular formula is C34H58O11. The molecule has 2 saturated heterocycles. The highest BCUT2D eigenvalue weighted by atomic mass is 16.7. The molecule has 0 aromatic carbocycles. The number of rotatable bonds is 8. The van der Waals surface area contributed by atoms with Crippen LogP contribution >= 0.6 is 0 Å². The fraction of sp³-hybridized carbons (Fsp3) is 1.00. The van der Waals surface area contributed by atoms with Crippen LogP contribution in [0.3, 0.4) is 0 Å². The first-order valence-electron chi connectivity index (χ1n) is 17.4. The molecule has 0 amide bonds. The molecule has 4 saturated carbocycles. The zero-order chi connectivity index (χ0) is 32.6. The highest BCUT2D eigenvalue weighted by molar-refractivity contribution is 5.18. The quantitative estimate of drug-likeness (QED) is 0.202. The van der Waals surface area contributed by atoms with Crippen LogP contribution < -0.4 is 0 Å². The van der Waals surface area contributed by atoms with Gasteiger partial charge in [0.25, 0.3) is 0 Å². The molecule has 11 heteroatoms. The average Bonchev–Trinajstić information content (AvgIpc) is 3.44. The maximum atomic E-state index is 11.9. The molecule has 7 N–H and O–H groups in total. The van der Waals surface area contributed by atoms with E-state index in [1.807, 2.05) is 6.92 Å². The maximum Gasteiger partial charge on any atom is 0.186 e. The van der Waals surface area contributed by atoms with Crippen molar-refractivity contribution in [1.82, 2.24) is 0 Å². The van der Waals surface area contributed by atoms with Gasteiger partial charge in [0.15, 0.2) is 12.1 Å². The van der Waals surface area contributed by atoms with Crippen molar-refractivity contribution < 1.29 is 54.7 Å². The molecule has 6 aliphatic rings. The fourth-order valence-corrected chi connectivity index (χ4v) is 11.7. The van der Waals surface area contributed by atoms with Crippen LogP contribution in [-0.4, -0.2) is 117 Å². The predicted molar refractivity (Wildman–Crippen MR) is 161 cm³/mol. The van der Waals surface area contributed by atoms with E-state index in [2.05, 4.69) is 20.8 Å². The van der Waals surface area contributed by atoms with Crippen LogP contribution in [0.2, 0.25) is 0 Å². The van der Waals surface area contributed by atoms with Gasteiger partial charge in [0.2, 0.25) is 0 Å². The van der Waals surface area contributed by atoms with Gasteiger partial charge >= 0.3 is 0 Å². The van der Waals surface area contributed by atoms with Crippen LogP contribution in [0.5, 0.6) is 0 Å². The molecule has 2 aliphatic heterocycles. The molecule has 11 nitrogen and oxygen atoms in total. The van der Waals surface area contributed by atoms with E-state index in [9.17, 15) is 35.7 Å². The monoisotopic (exact) mass is 642 g/mol. The van der Waals surface area contributed by atoms with Gasteiger partial charge < -0.3 is 54.7 Å². The number of fused-ring (bicyclic) bond motifs is 7. The van der Waals surface area contributed by atoms with Gasteiger partial charge in [-0.2, -0.15) is 0 Å². The van der Waals surface area contributed by atoms with Gasteiger partial charge in [0.1, 0.15) is 24.4 Å². The van der Waals surface area contributed by atoms with Gasteiger partial charge in [0, 0.05) is 24.9 Å². The van der Waals surface area contributed by atoms with Gasteiger partial charge in [-0.15, -0.1) is 0 Å². The SMILES string of the molecule is CO[C@]1(CC[C@@H](C)CO[C@@H]2O[C@H](CO)[C@@H](O)[C@H](O)[C@H]2O)OC2C[C@H]3[C@@H]4CC[C@@H]5C[C@@H](O)C[C@@H](O)[C@]5(C)[C@H]4[C@H](O)C[C@]3(C)[C@H]2[C@@H]1C. The zero-order valence-corrected chi connectivity index (χ0v) is 27.6. The van der Waals surface area contributed by atoms with E-state index in [1.165, 1.54) is 0 Å². The first kappa shape index (κ1) is 34.4.